The van der Waals surface area contributed by atoms with Crippen molar-refractivity contribution in [1.29, 1.82) is 0 Å². The van der Waals surface area contributed by atoms with Crippen LogP contribution in [0.25, 0.3) is 0 Å². The fourth-order valence-corrected chi connectivity index (χ4v) is 3.95. The van der Waals surface area contributed by atoms with Gasteiger partial charge in [-0.05, 0) is 42.8 Å². The quantitative estimate of drug-likeness (QED) is 0.426. The first kappa shape index (κ1) is 20.3. The van der Waals surface area contributed by atoms with Crippen LogP contribution < -0.4 is 9.04 Å². The van der Waals surface area contributed by atoms with Gasteiger partial charge in [-0.25, -0.2) is 8.42 Å². The summed E-state index contributed by atoms with van der Waals surface area (Å²) in [4.78, 5) is 10.4. The van der Waals surface area contributed by atoms with Gasteiger partial charge in [-0.3, -0.25) is 14.4 Å². The van der Waals surface area contributed by atoms with Gasteiger partial charge in [0, 0.05) is 18.7 Å². The third kappa shape index (κ3) is 4.55. The number of nitro benzene ring substituents is 1. The molecule has 7 nitrogen and oxygen atoms in total. The number of rotatable bonds is 7. The van der Waals surface area contributed by atoms with E-state index in [1.54, 1.807) is 31.2 Å². The molecule has 0 spiro atoms. The van der Waals surface area contributed by atoms with E-state index < -0.39 is 14.9 Å². The number of nitro groups is 1. The molecule has 0 saturated carbocycles. The van der Waals surface area contributed by atoms with Gasteiger partial charge in [0.25, 0.3) is 15.7 Å². The summed E-state index contributed by atoms with van der Waals surface area (Å²) in [5.74, 6) is 0.606. The lowest BCUT2D eigenvalue weighted by Crippen LogP contribution is -2.26. The van der Waals surface area contributed by atoms with Gasteiger partial charge in [0.1, 0.15) is 12.4 Å². The second kappa shape index (κ2) is 8.32. The third-order valence-corrected chi connectivity index (χ3v) is 6.27. The van der Waals surface area contributed by atoms with Crippen molar-refractivity contribution < 1.29 is 18.1 Å². The number of nitrogens with zero attached hydrogens (tertiary/aromatic N) is 2. The van der Waals surface area contributed by atoms with Crippen LogP contribution in [0.5, 0.6) is 5.75 Å². The second-order valence-corrected chi connectivity index (χ2v) is 8.42. The Morgan fingerprint density at radius 2 is 1.66 bits per heavy atom. The van der Waals surface area contributed by atoms with Gasteiger partial charge in [-0.1, -0.05) is 36.4 Å². The number of sulfonamides is 1. The Balaban J connectivity index is 1.78. The number of aryl methyl sites for hydroxylation is 1. The van der Waals surface area contributed by atoms with Gasteiger partial charge in [0.2, 0.25) is 0 Å². The monoisotopic (exact) mass is 412 g/mol. The van der Waals surface area contributed by atoms with Gasteiger partial charge in [-0.15, -0.1) is 0 Å². The summed E-state index contributed by atoms with van der Waals surface area (Å²) < 4.78 is 32.6. The van der Waals surface area contributed by atoms with Crippen molar-refractivity contribution in [3.05, 3.63) is 94.0 Å². The van der Waals surface area contributed by atoms with Gasteiger partial charge in [0.15, 0.2) is 0 Å². The maximum Gasteiger partial charge on any atom is 0.273 e. The van der Waals surface area contributed by atoms with Crippen molar-refractivity contribution in [3.8, 4) is 5.75 Å². The minimum atomic E-state index is -3.94. The van der Waals surface area contributed by atoms with E-state index in [2.05, 4.69) is 0 Å². The van der Waals surface area contributed by atoms with Crippen LogP contribution in [0.2, 0.25) is 0 Å². The van der Waals surface area contributed by atoms with Crippen LogP contribution in [-0.2, 0) is 16.6 Å². The lowest BCUT2D eigenvalue weighted by atomic mass is 10.2. The molecule has 0 aromatic heterocycles. The Labute approximate surface area is 169 Å². The molecule has 0 N–H and O–H groups in total. The summed E-state index contributed by atoms with van der Waals surface area (Å²) in [5.41, 5.74) is 1.61. The lowest BCUT2D eigenvalue weighted by Gasteiger charge is -2.20. The highest BCUT2D eigenvalue weighted by Gasteiger charge is 2.24. The molecular weight excluding hydrogens is 392 g/mol. The Morgan fingerprint density at radius 3 is 2.28 bits per heavy atom. The maximum absolute atomic E-state index is 12.9. The van der Waals surface area contributed by atoms with Crippen molar-refractivity contribution in [1.82, 2.24) is 0 Å². The van der Waals surface area contributed by atoms with E-state index in [0.717, 1.165) is 15.9 Å². The molecule has 0 heterocycles. The fraction of sp³-hybridized carbons (Fsp3) is 0.143. The molecule has 0 aliphatic carbocycles. The topological polar surface area (TPSA) is 89.8 Å². The normalized spacial score (nSPS) is 11.1. The predicted octanol–water partition coefficient (Wildman–Crippen LogP) is 4.31. The number of benzene rings is 3. The minimum absolute atomic E-state index is 0.137. The number of hydrogen-bond acceptors (Lipinski definition) is 5. The first-order chi connectivity index (χ1) is 13.8. The lowest BCUT2D eigenvalue weighted by molar-refractivity contribution is -0.385. The largest absolute Gasteiger partial charge is 0.489 e. The van der Waals surface area contributed by atoms with Crippen LogP contribution in [0.4, 0.5) is 11.4 Å². The molecule has 0 radical (unpaired) electrons. The summed E-state index contributed by atoms with van der Waals surface area (Å²) in [6.45, 7) is 1.97. The molecule has 0 amide bonds. The molecule has 8 heteroatoms. The standard InChI is InChI=1S/C21H20N2O5S/c1-16-8-13-20(14-21(16)23(24)25)29(26,27)22(2)18-9-11-19(12-10-18)28-15-17-6-4-3-5-7-17/h3-14H,15H2,1-2H3. The smallest absolute Gasteiger partial charge is 0.273 e. The highest BCUT2D eigenvalue weighted by Crippen LogP contribution is 2.28. The first-order valence-electron chi connectivity index (χ1n) is 8.80. The van der Waals surface area contributed by atoms with E-state index in [1.165, 1.54) is 19.2 Å². The molecule has 0 aliphatic rings. The van der Waals surface area contributed by atoms with Crippen LogP contribution in [-0.4, -0.2) is 20.4 Å². The van der Waals surface area contributed by atoms with E-state index in [0.29, 0.717) is 23.6 Å². The summed E-state index contributed by atoms with van der Waals surface area (Å²) in [6, 6.07) is 20.2. The van der Waals surface area contributed by atoms with Gasteiger partial charge in [-0.2, -0.15) is 0 Å². The number of ether oxygens (including phenoxy) is 1. The molecule has 0 aliphatic heterocycles. The highest BCUT2D eigenvalue weighted by atomic mass is 32.2. The summed E-state index contributed by atoms with van der Waals surface area (Å²) in [7, 11) is -2.54. The molecule has 3 aromatic carbocycles. The SMILES string of the molecule is Cc1ccc(S(=O)(=O)N(C)c2ccc(OCc3ccccc3)cc2)cc1[N+](=O)[O-]. The van der Waals surface area contributed by atoms with Crippen LogP contribution >= 0.6 is 0 Å². The van der Waals surface area contributed by atoms with Crippen LogP contribution in [0.1, 0.15) is 11.1 Å². The molecule has 0 unspecified atom stereocenters. The van der Waals surface area contributed by atoms with E-state index in [-0.39, 0.29) is 10.6 Å². The zero-order chi connectivity index (χ0) is 21.0. The van der Waals surface area contributed by atoms with Crippen LogP contribution in [0, 0.1) is 17.0 Å². The third-order valence-electron chi connectivity index (χ3n) is 4.48. The summed E-state index contributed by atoms with van der Waals surface area (Å²) in [5, 5.41) is 11.1. The molecule has 3 rings (SSSR count). The molecule has 29 heavy (non-hydrogen) atoms. The van der Waals surface area contributed by atoms with E-state index in [4.69, 9.17) is 4.74 Å². The van der Waals surface area contributed by atoms with Crippen molar-refractivity contribution in [2.75, 3.05) is 11.4 Å². The zero-order valence-electron chi connectivity index (χ0n) is 16.0. The molecule has 0 saturated heterocycles. The Morgan fingerprint density at radius 1 is 1.00 bits per heavy atom. The average Bonchev–Trinajstić information content (AvgIpc) is 2.72. The molecule has 0 fully saturated rings. The number of anilines is 1. The molecule has 3 aromatic rings. The number of hydrogen-bond donors (Lipinski definition) is 0. The molecule has 150 valence electrons. The molecule has 0 atom stereocenters. The Kier molecular flexibility index (Phi) is 5.84. The van der Waals surface area contributed by atoms with Crippen molar-refractivity contribution in [2.24, 2.45) is 0 Å². The zero-order valence-corrected chi connectivity index (χ0v) is 16.8. The van der Waals surface area contributed by atoms with Gasteiger partial charge >= 0.3 is 0 Å². The average molecular weight is 412 g/mol. The van der Waals surface area contributed by atoms with E-state index >= 15 is 0 Å². The Bertz CT molecular complexity index is 1110. The van der Waals surface area contributed by atoms with Crippen molar-refractivity contribution in [2.45, 2.75) is 18.4 Å². The first-order valence-corrected chi connectivity index (χ1v) is 10.2. The van der Waals surface area contributed by atoms with Crippen LogP contribution in [0.15, 0.2) is 77.7 Å². The highest BCUT2D eigenvalue weighted by molar-refractivity contribution is 7.92. The van der Waals surface area contributed by atoms with Crippen molar-refractivity contribution >= 4 is 21.4 Å². The Hall–Kier alpha value is -3.39. The molecule has 0 bridgehead atoms. The predicted molar refractivity (Wildman–Crippen MR) is 111 cm³/mol. The molecular formula is C21H20N2O5S. The van der Waals surface area contributed by atoms with Gasteiger partial charge in [0.05, 0.1) is 15.5 Å². The minimum Gasteiger partial charge on any atom is -0.489 e. The van der Waals surface area contributed by atoms with E-state index in [1.807, 2.05) is 30.3 Å². The second-order valence-electron chi connectivity index (χ2n) is 6.45. The van der Waals surface area contributed by atoms with Crippen molar-refractivity contribution in [3.63, 3.8) is 0 Å². The summed E-state index contributed by atoms with van der Waals surface area (Å²) >= 11 is 0. The van der Waals surface area contributed by atoms with Crippen LogP contribution in [0.3, 0.4) is 0 Å². The summed E-state index contributed by atoms with van der Waals surface area (Å²) in [6.07, 6.45) is 0. The van der Waals surface area contributed by atoms with E-state index in [9.17, 15) is 18.5 Å². The fourth-order valence-electron chi connectivity index (χ4n) is 2.74. The maximum atomic E-state index is 12.9. The van der Waals surface area contributed by atoms with Gasteiger partial charge < -0.3 is 4.74 Å².